The fourth-order valence-corrected chi connectivity index (χ4v) is 3.77. The summed E-state index contributed by atoms with van der Waals surface area (Å²) in [6.07, 6.45) is 0. The van der Waals surface area contributed by atoms with Crippen molar-refractivity contribution in [3.05, 3.63) is 92.1 Å². The number of nitrogens with zero attached hydrogens (tertiary/aromatic N) is 1. The Hall–Kier alpha value is -3.35. The number of carbonyl (C=O) groups excluding carboxylic acids is 1. The first kappa shape index (κ1) is 19.9. The van der Waals surface area contributed by atoms with Crippen molar-refractivity contribution in [2.45, 2.75) is 0 Å². The summed E-state index contributed by atoms with van der Waals surface area (Å²) in [5.41, 5.74) is 2.67. The Morgan fingerprint density at radius 2 is 1.80 bits per heavy atom. The third-order valence-electron chi connectivity index (χ3n) is 4.71. The Labute approximate surface area is 181 Å². The van der Waals surface area contributed by atoms with Crippen molar-refractivity contribution < 1.29 is 14.1 Å². The molecule has 0 amide bonds. The molecule has 3 aromatic carbocycles. The predicted octanol–water partition coefficient (Wildman–Crippen LogP) is 6.59. The van der Waals surface area contributed by atoms with Crippen molar-refractivity contribution in [1.82, 2.24) is 0 Å². The van der Waals surface area contributed by atoms with E-state index in [2.05, 4.69) is 5.32 Å². The molecule has 8 heteroatoms. The Morgan fingerprint density at radius 3 is 2.50 bits per heavy atom. The largest absolute Gasteiger partial charge is 0.450 e. The number of carbonyl (C=O) groups is 1. The first-order valence-electron chi connectivity index (χ1n) is 8.88. The molecular formula is C22H14Cl2N2O4. The second-order valence-corrected chi connectivity index (χ2v) is 7.37. The number of nitrogens with one attached hydrogen (secondary N) is 1. The molecule has 1 heterocycles. The SMILES string of the molecule is CNc1c(C(=O)c2ccc(Cl)cc2Cl)oc2cc(-c3cccc([N+](=O)[O-])c3)ccc12. The van der Waals surface area contributed by atoms with E-state index in [1.165, 1.54) is 18.2 Å². The molecule has 0 aliphatic rings. The van der Waals surface area contributed by atoms with Crippen LogP contribution in [-0.4, -0.2) is 17.8 Å². The highest BCUT2D eigenvalue weighted by Gasteiger charge is 2.23. The minimum absolute atomic E-state index is 0.00352. The molecule has 1 N–H and O–H groups in total. The number of ketones is 1. The van der Waals surface area contributed by atoms with E-state index in [9.17, 15) is 14.9 Å². The molecule has 30 heavy (non-hydrogen) atoms. The average molecular weight is 441 g/mol. The van der Waals surface area contributed by atoms with Crippen LogP contribution in [0.3, 0.4) is 0 Å². The van der Waals surface area contributed by atoms with Gasteiger partial charge in [-0.15, -0.1) is 0 Å². The summed E-state index contributed by atoms with van der Waals surface area (Å²) < 4.78 is 5.89. The molecule has 0 saturated carbocycles. The highest BCUT2D eigenvalue weighted by molar-refractivity contribution is 6.37. The molecule has 1 aromatic heterocycles. The first-order valence-corrected chi connectivity index (χ1v) is 9.63. The van der Waals surface area contributed by atoms with Crippen molar-refractivity contribution in [3.63, 3.8) is 0 Å². The number of rotatable bonds is 5. The summed E-state index contributed by atoms with van der Waals surface area (Å²) in [4.78, 5) is 23.7. The number of non-ortho nitro benzene ring substituents is 1. The van der Waals surface area contributed by atoms with Gasteiger partial charge in [0, 0.05) is 35.2 Å². The maximum Gasteiger partial charge on any atom is 0.270 e. The molecule has 0 aliphatic heterocycles. The molecule has 0 unspecified atom stereocenters. The zero-order valence-electron chi connectivity index (χ0n) is 15.6. The summed E-state index contributed by atoms with van der Waals surface area (Å²) in [5, 5.41) is 15.4. The number of anilines is 1. The fourth-order valence-electron chi connectivity index (χ4n) is 3.28. The molecule has 0 bridgehead atoms. The standard InChI is InChI=1S/C22H14Cl2N2O4/c1-25-20-17-7-5-13(12-3-2-4-15(9-12)26(28)29)10-19(17)30-22(20)21(27)16-8-6-14(23)11-18(16)24/h2-11,25H,1H3. The first-order chi connectivity index (χ1) is 14.4. The zero-order chi connectivity index (χ0) is 21.4. The van der Waals surface area contributed by atoms with Crippen LogP contribution in [0.25, 0.3) is 22.1 Å². The molecule has 6 nitrogen and oxygen atoms in total. The van der Waals surface area contributed by atoms with Gasteiger partial charge in [-0.1, -0.05) is 41.4 Å². The van der Waals surface area contributed by atoms with E-state index < -0.39 is 4.92 Å². The molecule has 4 aromatic rings. The van der Waals surface area contributed by atoms with Crippen LogP contribution in [-0.2, 0) is 0 Å². The van der Waals surface area contributed by atoms with Crippen molar-refractivity contribution in [1.29, 1.82) is 0 Å². The van der Waals surface area contributed by atoms with E-state index in [4.69, 9.17) is 27.6 Å². The number of hydrogen-bond acceptors (Lipinski definition) is 5. The lowest BCUT2D eigenvalue weighted by Gasteiger charge is -2.04. The number of fused-ring (bicyclic) bond motifs is 1. The van der Waals surface area contributed by atoms with Gasteiger partial charge < -0.3 is 9.73 Å². The van der Waals surface area contributed by atoms with E-state index in [0.717, 1.165) is 5.56 Å². The number of nitro groups is 1. The average Bonchev–Trinajstić information content (AvgIpc) is 3.11. The molecule has 0 saturated heterocycles. The van der Waals surface area contributed by atoms with Crippen molar-refractivity contribution >= 4 is 51.3 Å². The minimum atomic E-state index is -0.444. The monoisotopic (exact) mass is 440 g/mol. The van der Waals surface area contributed by atoms with Crippen LogP contribution < -0.4 is 5.32 Å². The maximum atomic E-state index is 13.1. The van der Waals surface area contributed by atoms with Crippen LogP contribution in [0, 0.1) is 10.1 Å². The molecule has 0 radical (unpaired) electrons. The lowest BCUT2D eigenvalue weighted by Crippen LogP contribution is -2.04. The summed E-state index contributed by atoms with van der Waals surface area (Å²) >= 11 is 12.1. The number of furan rings is 1. The molecule has 150 valence electrons. The van der Waals surface area contributed by atoms with Crippen LogP contribution in [0.5, 0.6) is 0 Å². The third kappa shape index (κ3) is 3.51. The fraction of sp³-hybridized carbons (Fsp3) is 0.0455. The highest BCUT2D eigenvalue weighted by Crippen LogP contribution is 2.36. The lowest BCUT2D eigenvalue weighted by molar-refractivity contribution is -0.384. The van der Waals surface area contributed by atoms with Crippen molar-refractivity contribution in [3.8, 4) is 11.1 Å². The maximum absolute atomic E-state index is 13.1. The second-order valence-electron chi connectivity index (χ2n) is 6.53. The van der Waals surface area contributed by atoms with Crippen molar-refractivity contribution in [2.24, 2.45) is 0 Å². The second kappa shape index (κ2) is 7.82. The number of halogens is 2. The van der Waals surface area contributed by atoms with Crippen LogP contribution in [0.15, 0.2) is 65.1 Å². The van der Waals surface area contributed by atoms with Gasteiger partial charge in [0.05, 0.1) is 15.6 Å². The molecule has 4 rings (SSSR count). The number of benzene rings is 3. The highest BCUT2D eigenvalue weighted by atomic mass is 35.5. The summed E-state index contributed by atoms with van der Waals surface area (Å²) in [6.45, 7) is 0. The van der Waals surface area contributed by atoms with Crippen molar-refractivity contribution in [2.75, 3.05) is 12.4 Å². The van der Waals surface area contributed by atoms with Crippen LogP contribution in [0.2, 0.25) is 10.0 Å². The topological polar surface area (TPSA) is 85.4 Å². The van der Waals surface area contributed by atoms with E-state index in [0.29, 0.717) is 27.2 Å². The Kier molecular flexibility index (Phi) is 5.20. The molecule has 0 aliphatic carbocycles. The van der Waals surface area contributed by atoms with Gasteiger partial charge in [0.2, 0.25) is 5.78 Å². The third-order valence-corrected chi connectivity index (χ3v) is 5.26. The molecular weight excluding hydrogens is 427 g/mol. The van der Waals surface area contributed by atoms with Gasteiger partial charge in [0.15, 0.2) is 5.76 Å². The molecule has 0 atom stereocenters. The molecule has 0 spiro atoms. The Bertz CT molecular complexity index is 1310. The van der Waals surface area contributed by atoms with E-state index in [1.807, 2.05) is 6.07 Å². The Morgan fingerprint density at radius 1 is 1.03 bits per heavy atom. The lowest BCUT2D eigenvalue weighted by atomic mass is 10.0. The van der Waals surface area contributed by atoms with Gasteiger partial charge in [0.1, 0.15) is 5.58 Å². The summed E-state index contributed by atoms with van der Waals surface area (Å²) in [5.74, 6) is -0.262. The van der Waals surface area contributed by atoms with Gasteiger partial charge in [-0.3, -0.25) is 14.9 Å². The number of hydrogen-bond donors (Lipinski definition) is 1. The van der Waals surface area contributed by atoms with Crippen LogP contribution >= 0.6 is 23.2 Å². The van der Waals surface area contributed by atoms with Gasteiger partial charge in [-0.2, -0.15) is 0 Å². The predicted molar refractivity (Wildman–Crippen MR) is 118 cm³/mol. The van der Waals surface area contributed by atoms with Crippen LogP contribution in [0.1, 0.15) is 16.1 Å². The number of nitro benzene ring substituents is 1. The minimum Gasteiger partial charge on any atom is -0.450 e. The van der Waals surface area contributed by atoms with Gasteiger partial charge in [-0.05, 0) is 41.5 Å². The summed E-state index contributed by atoms with van der Waals surface area (Å²) in [7, 11) is 1.69. The zero-order valence-corrected chi connectivity index (χ0v) is 17.1. The van der Waals surface area contributed by atoms with E-state index >= 15 is 0 Å². The Balaban J connectivity index is 1.82. The smallest absolute Gasteiger partial charge is 0.270 e. The molecule has 0 fully saturated rings. The summed E-state index contributed by atoms with van der Waals surface area (Å²) in [6, 6.07) is 16.3. The van der Waals surface area contributed by atoms with Crippen LogP contribution in [0.4, 0.5) is 11.4 Å². The van der Waals surface area contributed by atoms with Gasteiger partial charge in [0.25, 0.3) is 5.69 Å². The normalized spacial score (nSPS) is 10.9. The van der Waals surface area contributed by atoms with Gasteiger partial charge >= 0.3 is 0 Å². The van der Waals surface area contributed by atoms with Gasteiger partial charge in [-0.25, -0.2) is 0 Å². The van der Waals surface area contributed by atoms with E-state index in [1.54, 1.807) is 43.4 Å². The quantitative estimate of drug-likeness (QED) is 0.215. The van der Waals surface area contributed by atoms with E-state index in [-0.39, 0.29) is 27.8 Å².